The number of carbonyl (C=O) groups excluding carboxylic acids is 2. The Bertz CT molecular complexity index is 2710. The number of aliphatic imine (C=N–C) groups is 1. The third-order valence-corrected chi connectivity index (χ3v) is 11.3. The van der Waals surface area contributed by atoms with E-state index in [0.29, 0.717) is 90.5 Å². The van der Waals surface area contributed by atoms with Crippen LogP contribution in [0.25, 0.3) is 23.8 Å². The molecule has 1 N–H and O–H groups in total. The molecule has 0 bridgehead atoms. The summed E-state index contributed by atoms with van der Waals surface area (Å²) >= 11 is 0. The number of aromatic nitrogens is 1. The lowest BCUT2D eigenvalue weighted by Gasteiger charge is -2.19. The van der Waals surface area contributed by atoms with Crippen molar-refractivity contribution in [1.29, 1.82) is 0 Å². The second-order valence-corrected chi connectivity index (χ2v) is 17.0. The number of esters is 1. The highest BCUT2D eigenvalue weighted by Crippen LogP contribution is 2.38. The number of amides is 1. The van der Waals surface area contributed by atoms with Crippen molar-refractivity contribution in [2.45, 2.75) is 20.8 Å². The lowest BCUT2D eigenvalue weighted by atomic mass is 9.63. The summed E-state index contributed by atoms with van der Waals surface area (Å²) in [6.45, 7) is 10.7. The van der Waals surface area contributed by atoms with Crippen molar-refractivity contribution in [3.8, 4) is 35.0 Å². The molecule has 0 saturated heterocycles. The van der Waals surface area contributed by atoms with E-state index in [1.165, 1.54) is 0 Å². The van der Waals surface area contributed by atoms with Crippen molar-refractivity contribution >= 4 is 48.2 Å². The number of aryl methyl sites for hydroxylation is 1. The van der Waals surface area contributed by atoms with Crippen LogP contribution in [0.15, 0.2) is 107 Å². The van der Waals surface area contributed by atoms with E-state index in [0.717, 1.165) is 62.0 Å². The Morgan fingerprint density at radius 1 is 0.610 bits per heavy atom. The smallest absolute Gasteiger partial charge is 0.433 e. The molecule has 3 aromatic carbocycles. The van der Waals surface area contributed by atoms with Crippen molar-refractivity contribution < 1.29 is 61.7 Å². The second kappa shape index (κ2) is 35.3. The monoisotopic (exact) mass is 1050 g/mol. The van der Waals surface area contributed by atoms with Crippen molar-refractivity contribution in [1.82, 2.24) is 9.79 Å². The third kappa shape index (κ3) is 21.1. The molecule has 408 valence electrons. The van der Waals surface area contributed by atoms with E-state index in [1.807, 2.05) is 105 Å². The molecule has 1 aromatic heterocycles. The van der Waals surface area contributed by atoms with Crippen molar-refractivity contribution in [2.24, 2.45) is 4.99 Å². The number of allylic oxidation sites excluding steroid dienone is 3. The summed E-state index contributed by atoms with van der Waals surface area (Å²) in [4.78, 5) is 30.8. The molecule has 16 nitrogen and oxygen atoms in total. The van der Waals surface area contributed by atoms with Crippen LogP contribution in [0.4, 0.5) is 0 Å². The summed E-state index contributed by atoms with van der Waals surface area (Å²) in [6.07, 6.45) is 10.1. The number of carbonyl (C=O) groups is 2. The van der Waals surface area contributed by atoms with E-state index in [1.54, 1.807) is 47.5 Å². The first-order valence-corrected chi connectivity index (χ1v) is 25.5. The quantitative estimate of drug-likeness (QED) is 0.0217. The number of methoxy groups -OCH3 is 4. The lowest BCUT2D eigenvalue weighted by molar-refractivity contribution is -0.141. The molecule has 0 radical (unpaired) electrons. The van der Waals surface area contributed by atoms with Crippen LogP contribution in [0.3, 0.4) is 0 Å². The van der Waals surface area contributed by atoms with E-state index < -0.39 is 18.7 Å². The zero-order valence-corrected chi connectivity index (χ0v) is 45.5. The molecule has 0 atom stereocenters. The third-order valence-electron chi connectivity index (χ3n) is 11.3. The first kappa shape index (κ1) is 60.8. The van der Waals surface area contributed by atoms with Gasteiger partial charge in [-0.05, 0) is 109 Å². The van der Waals surface area contributed by atoms with Crippen LogP contribution in [0.5, 0.6) is 11.5 Å². The van der Waals surface area contributed by atoms with E-state index in [-0.39, 0.29) is 26.4 Å². The van der Waals surface area contributed by atoms with E-state index in [2.05, 4.69) is 39.3 Å². The molecule has 0 fully saturated rings. The number of rotatable bonds is 33. The van der Waals surface area contributed by atoms with Gasteiger partial charge < -0.3 is 61.9 Å². The van der Waals surface area contributed by atoms with Gasteiger partial charge in [0.15, 0.2) is 0 Å². The van der Waals surface area contributed by atoms with Crippen LogP contribution < -0.4 is 14.8 Å². The Labute approximate surface area is 454 Å². The number of benzene rings is 3. The summed E-state index contributed by atoms with van der Waals surface area (Å²) in [7, 11) is 6.52. The molecule has 0 unspecified atom stereocenters. The average molecular weight is 1050 g/mol. The minimum atomic E-state index is -0.718. The topological polar surface area (TPSA) is 165 Å². The van der Waals surface area contributed by atoms with E-state index >= 15 is 0 Å². The molecule has 0 saturated carbocycles. The summed E-state index contributed by atoms with van der Waals surface area (Å²) in [6, 6.07) is 25.0. The fourth-order valence-electron chi connectivity index (χ4n) is 7.53. The molecular formula is C60H72BN3O13. The second-order valence-electron chi connectivity index (χ2n) is 17.0. The normalized spacial score (nSPS) is 12.7. The predicted octanol–water partition coefficient (Wildman–Crippen LogP) is 7.47. The summed E-state index contributed by atoms with van der Waals surface area (Å²) in [5.41, 5.74) is 8.68. The van der Waals surface area contributed by atoms with Crippen LogP contribution in [-0.4, -0.2) is 163 Å². The molecule has 17 heteroatoms. The Morgan fingerprint density at radius 2 is 1.10 bits per heavy atom. The molecule has 0 aliphatic carbocycles. The maximum Gasteiger partial charge on any atom is 0.433 e. The zero-order chi connectivity index (χ0) is 54.9. The molecule has 4 aromatic rings. The predicted molar refractivity (Wildman–Crippen MR) is 301 cm³/mol. The van der Waals surface area contributed by atoms with Crippen LogP contribution in [0.2, 0.25) is 0 Å². The number of hydrogen-bond acceptors (Lipinski definition) is 14. The van der Waals surface area contributed by atoms with Gasteiger partial charge >= 0.3 is 12.8 Å². The molecule has 77 heavy (non-hydrogen) atoms. The highest BCUT2D eigenvalue weighted by Gasteiger charge is 2.28. The minimum Gasteiger partial charge on any atom is -0.491 e. The number of hydrogen-bond donors (Lipinski definition) is 1. The first-order valence-electron chi connectivity index (χ1n) is 25.5. The van der Waals surface area contributed by atoms with Crippen LogP contribution in [0.1, 0.15) is 57.8 Å². The van der Waals surface area contributed by atoms with Crippen LogP contribution in [-0.2, 0) is 47.4 Å². The molecule has 2 heterocycles. The molecule has 1 amide bonds. The van der Waals surface area contributed by atoms with Crippen molar-refractivity contribution in [3.05, 3.63) is 141 Å². The number of nitrogens with zero attached hydrogens (tertiary/aromatic N) is 2. The number of nitrogens with one attached hydrogen (secondary N) is 1. The van der Waals surface area contributed by atoms with Gasteiger partial charge in [0.05, 0.1) is 84.1 Å². The fourth-order valence-corrected chi connectivity index (χ4v) is 7.53. The van der Waals surface area contributed by atoms with Gasteiger partial charge in [-0.1, -0.05) is 60.4 Å². The SMILES string of the molecule is CCOC(=O)CNC(=O)c1ccc(/C(=C2N=C(/C=C/c3ccc(OCCOCCOC)cc3)C=C/2C)c2c(C)cc(/C=C/c3ccc(OCCOCCOC)cc3)n2B(C#CCOCCOC)C#CCOCCOC)cc1. The van der Waals surface area contributed by atoms with E-state index in [4.69, 9.17) is 57.1 Å². The Morgan fingerprint density at radius 3 is 1.62 bits per heavy atom. The van der Waals surface area contributed by atoms with Crippen LogP contribution >= 0.6 is 0 Å². The fraction of sp³-hybridized carbons (Fsp3) is 0.383. The Balaban J connectivity index is 1.63. The van der Waals surface area contributed by atoms with Gasteiger partial charge in [-0.2, -0.15) is 0 Å². The molecular weight excluding hydrogens is 981 g/mol. The van der Waals surface area contributed by atoms with Gasteiger partial charge in [-0.3, -0.25) is 9.59 Å². The lowest BCUT2D eigenvalue weighted by Crippen LogP contribution is -2.30. The summed E-state index contributed by atoms with van der Waals surface area (Å²) in [5.74, 6) is 13.8. The summed E-state index contributed by atoms with van der Waals surface area (Å²) < 4.78 is 62.1. The van der Waals surface area contributed by atoms with Gasteiger partial charge in [0.1, 0.15) is 44.5 Å². The standard InChI is InChI=1S/C60H72BN3O13/c1-8-75-56(65)45-62-60(66)51-19-17-50(18-20-51)57(58-46(2)43-52(63-58)21-11-48-13-23-54(24-14-48)76-41-39-73-37-33-69-6)59-47(3)44-53(22-12-49-15-25-55(26-16-49)77-42-40-74-38-34-70-7)64(59)61(27-9-29-71-35-31-67-4)28-10-30-72-36-32-68-5/h11-26,43-44H,8,29-42,45H2,1-7H3,(H,62,66)/b21-11+,22-12+,58-57-. The molecule has 5 rings (SSSR count). The minimum absolute atomic E-state index is 0.149. The largest absolute Gasteiger partial charge is 0.491 e. The highest BCUT2D eigenvalue weighted by molar-refractivity contribution is 6.74. The van der Waals surface area contributed by atoms with Crippen LogP contribution in [0, 0.1) is 30.4 Å². The maximum atomic E-state index is 13.3. The Hall–Kier alpha value is -7.03. The van der Waals surface area contributed by atoms with Gasteiger partial charge in [0.2, 0.25) is 0 Å². The molecule has 1 aliphatic rings. The van der Waals surface area contributed by atoms with E-state index in [9.17, 15) is 9.59 Å². The van der Waals surface area contributed by atoms with Gasteiger partial charge in [0.25, 0.3) is 5.91 Å². The van der Waals surface area contributed by atoms with Gasteiger partial charge in [-0.15, -0.1) is 11.6 Å². The van der Waals surface area contributed by atoms with Gasteiger partial charge in [-0.25, -0.2) is 4.99 Å². The highest BCUT2D eigenvalue weighted by atomic mass is 16.6. The first-order chi connectivity index (χ1) is 37.7. The van der Waals surface area contributed by atoms with Crippen molar-refractivity contribution in [3.63, 3.8) is 0 Å². The van der Waals surface area contributed by atoms with Crippen molar-refractivity contribution in [2.75, 3.05) is 134 Å². The zero-order valence-electron chi connectivity index (χ0n) is 45.5. The molecule has 1 aliphatic heterocycles. The maximum absolute atomic E-state index is 13.3. The molecule has 0 spiro atoms. The average Bonchev–Trinajstić information content (AvgIpc) is 4.03. The van der Waals surface area contributed by atoms with Gasteiger partial charge in [0, 0.05) is 51.0 Å². The Kier molecular flexibility index (Phi) is 27.9. The summed E-state index contributed by atoms with van der Waals surface area (Å²) in [5, 5.41) is 2.66. The number of ether oxygens (including phenoxy) is 11.